The van der Waals surface area contributed by atoms with E-state index in [1.54, 1.807) is 30.3 Å². The van der Waals surface area contributed by atoms with Crippen LogP contribution in [-0.4, -0.2) is 31.6 Å². The van der Waals surface area contributed by atoms with Crippen LogP contribution in [0.15, 0.2) is 41.8 Å². The van der Waals surface area contributed by atoms with Crippen LogP contribution < -0.4 is 10.6 Å². The molecule has 2 rings (SSSR count). The van der Waals surface area contributed by atoms with E-state index in [0.717, 1.165) is 25.9 Å². The van der Waals surface area contributed by atoms with Gasteiger partial charge in [0.25, 0.3) is 11.8 Å². The maximum atomic E-state index is 12.2. The molecule has 1 heterocycles. The molecular formula is C19H24N2O3S. The molecule has 6 heteroatoms. The first-order valence-corrected chi connectivity index (χ1v) is 9.39. The van der Waals surface area contributed by atoms with Gasteiger partial charge in [0.15, 0.2) is 0 Å². The summed E-state index contributed by atoms with van der Waals surface area (Å²) in [6, 6.07) is 10.5. The Balaban J connectivity index is 1.77. The summed E-state index contributed by atoms with van der Waals surface area (Å²) in [6.07, 6.45) is 2.97. The highest BCUT2D eigenvalue weighted by Gasteiger charge is 2.09. The van der Waals surface area contributed by atoms with Gasteiger partial charge < -0.3 is 15.4 Å². The van der Waals surface area contributed by atoms with E-state index in [9.17, 15) is 9.59 Å². The fourth-order valence-electron chi connectivity index (χ4n) is 2.17. The predicted octanol–water partition coefficient (Wildman–Crippen LogP) is 3.94. The normalized spacial score (nSPS) is 10.4. The number of amides is 2. The monoisotopic (exact) mass is 360 g/mol. The average molecular weight is 360 g/mol. The minimum atomic E-state index is -0.170. The molecule has 0 fully saturated rings. The Morgan fingerprint density at radius 1 is 1.08 bits per heavy atom. The molecule has 0 atom stereocenters. The van der Waals surface area contributed by atoms with E-state index in [0.29, 0.717) is 29.3 Å². The smallest absolute Gasteiger partial charge is 0.265 e. The van der Waals surface area contributed by atoms with Crippen LogP contribution in [0.3, 0.4) is 0 Å². The Hall–Kier alpha value is -2.18. The number of rotatable bonds is 10. The first-order valence-electron chi connectivity index (χ1n) is 8.51. The van der Waals surface area contributed by atoms with Crippen molar-refractivity contribution in [1.29, 1.82) is 0 Å². The molecule has 2 aromatic rings. The molecule has 134 valence electrons. The summed E-state index contributed by atoms with van der Waals surface area (Å²) < 4.78 is 5.46. The van der Waals surface area contributed by atoms with Crippen molar-refractivity contribution in [2.24, 2.45) is 0 Å². The maximum absolute atomic E-state index is 12.2. The van der Waals surface area contributed by atoms with Gasteiger partial charge in [0.2, 0.25) is 0 Å². The Labute approximate surface area is 152 Å². The molecule has 25 heavy (non-hydrogen) atoms. The molecule has 0 aliphatic heterocycles. The van der Waals surface area contributed by atoms with Gasteiger partial charge in [0.1, 0.15) is 0 Å². The molecule has 0 aliphatic carbocycles. The Morgan fingerprint density at radius 3 is 2.68 bits per heavy atom. The van der Waals surface area contributed by atoms with Crippen LogP contribution in [0.4, 0.5) is 5.69 Å². The molecule has 5 nitrogen and oxygen atoms in total. The van der Waals surface area contributed by atoms with Gasteiger partial charge in [0.05, 0.1) is 4.88 Å². The van der Waals surface area contributed by atoms with E-state index in [4.69, 9.17) is 4.74 Å². The van der Waals surface area contributed by atoms with Gasteiger partial charge in [-0.15, -0.1) is 11.3 Å². The number of anilines is 1. The number of ether oxygens (including phenoxy) is 1. The summed E-state index contributed by atoms with van der Waals surface area (Å²) in [7, 11) is 0. The number of carbonyl (C=O) groups is 2. The molecule has 0 bridgehead atoms. The summed E-state index contributed by atoms with van der Waals surface area (Å²) in [5.74, 6) is -0.322. The second kappa shape index (κ2) is 10.6. The zero-order chi connectivity index (χ0) is 17.9. The van der Waals surface area contributed by atoms with Crippen molar-refractivity contribution in [2.45, 2.75) is 26.2 Å². The third-order valence-electron chi connectivity index (χ3n) is 3.52. The topological polar surface area (TPSA) is 67.4 Å². The molecular weight excluding hydrogens is 336 g/mol. The van der Waals surface area contributed by atoms with E-state index >= 15 is 0 Å². The van der Waals surface area contributed by atoms with Gasteiger partial charge in [-0.2, -0.15) is 0 Å². The SMILES string of the molecule is CCCCOCCCNC(=O)c1cccc(NC(=O)c2cccs2)c1. The molecule has 0 unspecified atom stereocenters. The fourth-order valence-corrected chi connectivity index (χ4v) is 2.78. The Morgan fingerprint density at radius 2 is 1.92 bits per heavy atom. The molecule has 0 radical (unpaired) electrons. The molecule has 0 saturated heterocycles. The number of hydrogen-bond donors (Lipinski definition) is 2. The van der Waals surface area contributed by atoms with Crippen molar-refractivity contribution in [2.75, 3.05) is 25.1 Å². The fraction of sp³-hybridized carbons (Fsp3) is 0.368. The van der Waals surface area contributed by atoms with Crippen molar-refractivity contribution >= 4 is 28.8 Å². The van der Waals surface area contributed by atoms with Crippen molar-refractivity contribution in [3.05, 3.63) is 52.2 Å². The second-order valence-electron chi connectivity index (χ2n) is 5.59. The molecule has 2 N–H and O–H groups in total. The van der Waals surface area contributed by atoms with Crippen LogP contribution in [-0.2, 0) is 4.74 Å². The van der Waals surface area contributed by atoms with E-state index in [1.165, 1.54) is 11.3 Å². The minimum absolute atomic E-state index is 0.152. The number of nitrogens with one attached hydrogen (secondary N) is 2. The van der Waals surface area contributed by atoms with Crippen LogP contribution in [0, 0.1) is 0 Å². The lowest BCUT2D eigenvalue weighted by molar-refractivity contribution is 0.0939. The van der Waals surface area contributed by atoms with Crippen LogP contribution in [0.2, 0.25) is 0 Å². The largest absolute Gasteiger partial charge is 0.381 e. The van der Waals surface area contributed by atoms with Crippen molar-refractivity contribution in [3.8, 4) is 0 Å². The van der Waals surface area contributed by atoms with Gasteiger partial charge in [0, 0.05) is 31.0 Å². The van der Waals surface area contributed by atoms with E-state index in [2.05, 4.69) is 17.6 Å². The van der Waals surface area contributed by atoms with E-state index in [-0.39, 0.29) is 11.8 Å². The molecule has 0 aliphatic rings. The second-order valence-corrected chi connectivity index (χ2v) is 6.54. The van der Waals surface area contributed by atoms with E-state index < -0.39 is 0 Å². The molecule has 1 aromatic heterocycles. The number of unbranched alkanes of at least 4 members (excludes halogenated alkanes) is 1. The number of hydrogen-bond acceptors (Lipinski definition) is 4. The van der Waals surface area contributed by atoms with Gasteiger partial charge in [-0.1, -0.05) is 25.5 Å². The van der Waals surface area contributed by atoms with Gasteiger partial charge in [-0.05, 0) is 42.5 Å². The summed E-state index contributed by atoms with van der Waals surface area (Å²) in [5.41, 5.74) is 1.13. The summed E-state index contributed by atoms with van der Waals surface area (Å²) in [6.45, 7) is 4.12. The predicted molar refractivity (Wildman–Crippen MR) is 101 cm³/mol. The minimum Gasteiger partial charge on any atom is -0.381 e. The Bertz CT molecular complexity index is 671. The van der Waals surface area contributed by atoms with Crippen LogP contribution >= 0.6 is 11.3 Å². The molecule has 0 saturated carbocycles. The summed E-state index contributed by atoms with van der Waals surface area (Å²) in [5, 5.41) is 7.53. The lowest BCUT2D eigenvalue weighted by Gasteiger charge is -2.08. The zero-order valence-corrected chi connectivity index (χ0v) is 15.2. The van der Waals surface area contributed by atoms with Crippen LogP contribution in [0.1, 0.15) is 46.2 Å². The number of carbonyl (C=O) groups excluding carboxylic acids is 2. The number of thiophene rings is 1. The lowest BCUT2D eigenvalue weighted by atomic mass is 10.2. The first-order chi connectivity index (χ1) is 12.2. The number of benzene rings is 1. The van der Waals surface area contributed by atoms with E-state index in [1.807, 2.05) is 11.4 Å². The molecule has 1 aromatic carbocycles. The van der Waals surface area contributed by atoms with Gasteiger partial charge in [-0.3, -0.25) is 9.59 Å². The summed E-state index contributed by atoms with van der Waals surface area (Å²) >= 11 is 1.38. The Kier molecular flexibility index (Phi) is 8.15. The van der Waals surface area contributed by atoms with Crippen molar-refractivity contribution in [1.82, 2.24) is 5.32 Å². The average Bonchev–Trinajstić information content (AvgIpc) is 3.16. The standard InChI is InChI=1S/C19H24N2O3S/c1-2-3-11-24-12-6-10-20-18(22)15-7-4-8-16(14-15)21-19(23)17-9-5-13-25-17/h4-5,7-9,13-14H,2-3,6,10-12H2,1H3,(H,20,22)(H,21,23). The maximum Gasteiger partial charge on any atom is 0.265 e. The zero-order valence-electron chi connectivity index (χ0n) is 14.4. The third-order valence-corrected chi connectivity index (χ3v) is 4.39. The van der Waals surface area contributed by atoms with Crippen LogP contribution in [0.25, 0.3) is 0 Å². The third kappa shape index (κ3) is 6.68. The molecule has 2 amide bonds. The van der Waals surface area contributed by atoms with Crippen LogP contribution in [0.5, 0.6) is 0 Å². The highest BCUT2D eigenvalue weighted by Crippen LogP contribution is 2.15. The first kappa shape index (κ1) is 19.1. The highest BCUT2D eigenvalue weighted by molar-refractivity contribution is 7.12. The van der Waals surface area contributed by atoms with Gasteiger partial charge >= 0.3 is 0 Å². The van der Waals surface area contributed by atoms with Crippen molar-refractivity contribution < 1.29 is 14.3 Å². The van der Waals surface area contributed by atoms with Gasteiger partial charge in [-0.25, -0.2) is 0 Å². The van der Waals surface area contributed by atoms with Crippen molar-refractivity contribution in [3.63, 3.8) is 0 Å². The summed E-state index contributed by atoms with van der Waals surface area (Å²) in [4.78, 5) is 24.9. The molecule has 0 spiro atoms. The quantitative estimate of drug-likeness (QED) is 0.631. The highest BCUT2D eigenvalue weighted by atomic mass is 32.1. The lowest BCUT2D eigenvalue weighted by Crippen LogP contribution is -2.25.